The second kappa shape index (κ2) is 5.18. The highest BCUT2D eigenvalue weighted by molar-refractivity contribution is 6.32. The third-order valence-corrected chi connectivity index (χ3v) is 3.61. The number of nitrogens with zero attached hydrogens (tertiary/aromatic N) is 4. The van der Waals surface area contributed by atoms with Crippen LogP contribution in [0.4, 0.5) is 5.69 Å². The molecule has 1 aromatic heterocycles. The highest BCUT2D eigenvalue weighted by Crippen LogP contribution is 2.28. The van der Waals surface area contributed by atoms with E-state index in [1.807, 2.05) is 50.2 Å². The Morgan fingerprint density at radius 1 is 1.10 bits per heavy atom. The van der Waals surface area contributed by atoms with E-state index in [0.717, 1.165) is 22.4 Å². The number of anilines is 1. The molecule has 0 aliphatic carbocycles. The lowest BCUT2D eigenvalue weighted by Gasteiger charge is -2.09. The lowest BCUT2D eigenvalue weighted by molar-refractivity contribution is 0.790. The van der Waals surface area contributed by atoms with Crippen LogP contribution in [-0.2, 0) is 0 Å². The molecule has 0 amide bonds. The first-order valence-corrected chi connectivity index (χ1v) is 6.85. The minimum absolute atomic E-state index is 0.599. The monoisotopic (exact) mass is 299 g/mol. The molecule has 0 fully saturated rings. The van der Waals surface area contributed by atoms with Gasteiger partial charge in [0.1, 0.15) is 0 Å². The number of aromatic nitrogens is 4. The molecule has 0 aliphatic heterocycles. The van der Waals surface area contributed by atoms with Gasteiger partial charge >= 0.3 is 0 Å². The Morgan fingerprint density at radius 2 is 1.90 bits per heavy atom. The molecule has 3 aromatic rings. The zero-order valence-corrected chi connectivity index (χ0v) is 12.5. The topological polar surface area (TPSA) is 69.6 Å². The summed E-state index contributed by atoms with van der Waals surface area (Å²) in [6.45, 7) is 3.97. The molecule has 0 saturated heterocycles. The molecule has 106 valence electrons. The maximum atomic E-state index is 6.28. The quantitative estimate of drug-likeness (QED) is 0.738. The standard InChI is InChI=1S/C15H14ClN5/c1-9-3-6-13(16)14(7-9)21-15(18-19-20-21)12-5-4-11(17)8-10(12)2/h3-8H,17H2,1-2H3. The normalized spacial score (nSPS) is 10.8. The fraction of sp³-hybridized carbons (Fsp3) is 0.133. The largest absolute Gasteiger partial charge is 0.399 e. The molecule has 1 heterocycles. The summed E-state index contributed by atoms with van der Waals surface area (Å²) >= 11 is 6.28. The molecule has 2 aromatic carbocycles. The van der Waals surface area contributed by atoms with Crippen LogP contribution in [0.3, 0.4) is 0 Å². The Balaban J connectivity index is 2.19. The SMILES string of the molecule is Cc1ccc(Cl)c(-n2nnnc2-c2ccc(N)cc2C)c1. The van der Waals surface area contributed by atoms with Crippen LogP contribution in [0.15, 0.2) is 36.4 Å². The van der Waals surface area contributed by atoms with Gasteiger partial charge < -0.3 is 5.73 Å². The summed E-state index contributed by atoms with van der Waals surface area (Å²) < 4.78 is 1.65. The molecule has 0 radical (unpaired) electrons. The van der Waals surface area contributed by atoms with Crippen LogP contribution in [0.1, 0.15) is 11.1 Å². The van der Waals surface area contributed by atoms with Gasteiger partial charge in [-0.25, -0.2) is 0 Å². The predicted octanol–water partition coefficient (Wildman–Crippen LogP) is 3.18. The average molecular weight is 300 g/mol. The molecule has 0 bridgehead atoms. The second-order valence-electron chi connectivity index (χ2n) is 4.94. The molecule has 3 rings (SSSR count). The Kier molecular flexibility index (Phi) is 3.35. The highest BCUT2D eigenvalue weighted by Gasteiger charge is 2.15. The Hall–Kier alpha value is -2.40. The van der Waals surface area contributed by atoms with Gasteiger partial charge in [0.25, 0.3) is 0 Å². The van der Waals surface area contributed by atoms with Gasteiger partial charge in [-0.15, -0.1) is 5.10 Å². The van der Waals surface area contributed by atoms with Gasteiger partial charge in [-0.3, -0.25) is 0 Å². The first-order valence-electron chi connectivity index (χ1n) is 6.47. The molecule has 0 spiro atoms. The van der Waals surface area contributed by atoms with Crippen molar-refractivity contribution in [1.29, 1.82) is 0 Å². The van der Waals surface area contributed by atoms with Crippen molar-refractivity contribution >= 4 is 17.3 Å². The summed E-state index contributed by atoms with van der Waals surface area (Å²) in [5.41, 5.74) is 10.3. The zero-order chi connectivity index (χ0) is 15.0. The van der Waals surface area contributed by atoms with Crippen molar-refractivity contribution in [3.8, 4) is 17.1 Å². The minimum atomic E-state index is 0.599. The highest BCUT2D eigenvalue weighted by atomic mass is 35.5. The number of halogens is 1. The molecule has 21 heavy (non-hydrogen) atoms. The molecule has 0 atom stereocenters. The zero-order valence-electron chi connectivity index (χ0n) is 11.7. The summed E-state index contributed by atoms with van der Waals surface area (Å²) in [5.74, 6) is 0.639. The number of nitrogen functional groups attached to an aromatic ring is 1. The van der Waals surface area contributed by atoms with Crippen molar-refractivity contribution in [2.45, 2.75) is 13.8 Å². The van der Waals surface area contributed by atoms with Crippen LogP contribution in [0.5, 0.6) is 0 Å². The van der Waals surface area contributed by atoms with Gasteiger partial charge in [-0.2, -0.15) is 4.68 Å². The summed E-state index contributed by atoms with van der Waals surface area (Å²) in [6, 6.07) is 11.4. The van der Waals surface area contributed by atoms with Crippen LogP contribution < -0.4 is 5.73 Å². The summed E-state index contributed by atoms with van der Waals surface area (Å²) in [7, 11) is 0. The predicted molar refractivity (Wildman–Crippen MR) is 83.5 cm³/mol. The maximum absolute atomic E-state index is 6.28. The van der Waals surface area contributed by atoms with E-state index in [4.69, 9.17) is 17.3 Å². The second-order valence-corrected chi connectivity index (χ2v) is 5.35. The molecule has 0 saturated carbocycles. The fourth-order valence-corrected chi connectivity index (χ4v) is 2.44. The van der Waals surface area contributed by atoms with Gasteiger partial charge in [-0.05, 0) is 65.7 Å². The van der Waals surface area contributed by atoms with Crippen molar-refractivity contribution in [1.82, 2.24) is 20.2 Å². The smallest absolute Gasteiger partial charge is 0.187 e. The van der Waals surface area contributed by atoms with Crippen LogP contribution in [0.2, 0.25) is 5.02 Å². The number of rotatable bonds is 2. The van der Waals surface area contributed by atoms with Crippen LogP contribution in [0.25, 0.3) is 17.1 Å². The third-order valence-electron chi connectivity index (χ3n) is 3.29. The Labute approximate surface area is 127 Å². The number of hydrogen-bond donors (Lipinski definition) is 1. The van der Waals surface area contributed by atoms with E-state index in [2.05, 4.69) is 15.5 Å². The first kappa shape index (κ1) is 13.6. The van der Waals surface area contributed by atoms with Gasteiger partial charge in [0.15, 0.2) is 5.82 Å². The van der Waals surface area contributed by atoms with Crippen molar-refractivity contribution in [2.24, 2.45) is 0 Å². The van der Waals surface area contributed by atoms with Crippen molar-refractivity contribution in [2.75, 3.05) is 5.73 Å². The third kappa shape index (κ3) is 2.48. The van der Waals surface area contributed by atoms with E-state index in [9.17, 15) is 0 Å². The van der Waals surface area contributed by atoms with Gasteiger partial charge in [0, 0.05) is 11.3 Å². The lowest BCUT2D eigenvalue weighted by atomic mass is 10.1. The van der Waals surface area contributed by atoms with Gasteiger partial charge in [0.2, 0.25) is 0 Å². The van der Waals surface area contributed by atoms with E-state index in [1.165, 1.54) is 0 Å². The number of aryl methyl sites for hydroxylation is 2. The average Bonchev–Trinajstić information content (AvgIpc) is 2.90. The van der Waals surface area contributed by atoms with Gasteiger partial charge in [0.05, 0.1) is 10.7 Å². The summed E-state index contributed by atoms with van der Waals surface area (Å²) in [6.07, 6.45) is 0. The maximum Gasteiger partial charge on any atom is 0.187 e. The van der Waals surface area contributed by atoms with E-state index >= 15 is 0 Å². The van der Waals surface area contributed by atoms with Crippen molar-refractivity contribution in [3.63, 3.8) is 0 Å². The minimum Gasteiger partial charge on any atom is -0.399 e. The van der Waals surface area contributed by atoms with Gasteiger partial charge in [-0.1, -0.05) is 17.7 Å². The number of hydrogen-bond acceptors (Lipinski definition) is 4. The van der Waals surface area contributed by atoms with Crippen molar-refractivity contribution in [3.05, 3.63) is 52.5 Å². The Morgan fingerprint density at radius 3 is 2.67 bits per heavy atom. The molecular formula is C15H14ClN5. The molecule has 2 N–H and O–H groups in total. The van der Waals surface area contributed by atoms with E-state index < -0.39 is 0 Å². The van der Waals surface area contributed by atoms with E-state index in [-0.39, 0.29) is 0 Å². The number of benzene rings is 2. The Bertz CT molecular complexity index is 810. The van der Waals surface area contributed by atoms with E-state index in [1.54, 1.807) is 4.68 Å². The van der Waals surface area contributed by atoms with E-state index in [0.29, 0.717) is 16.5 Å². The van der Waals surface area contributed by atoms with Crippen LogP contribution in [0, 0.1) is 13.8 Å². The molecule has 0 aliphatic rings. The lowest BCUT2D eigenvalue weighted by Crippen LogP contribution is -2.02. The number of nitrogens with two attached hydrogens (primary N) is 1. The molecule has 0 unspecified atom stereocenters. The fourth-order valence-electron chi connectivity index (χ4n) is 2.24. The van der Waals surface area contributed by atoms with Crippen LogP contribution in [-0.4, -0.2) is 20.2 Å². The summed E-state index contributed by atoms with van der Waals surface area (Å²) in [4.78, 5) is 0. The number of tetrazole rings is 1. The molecule has 5 nitrogen and oxygen atoms in total. The summed E-state index contributed by atoms with van der Waals surface area (Å²) in [5, 5.41) is 12.6. The van der Waals surface area contributed by atoms with Crippen LogP contribution >= 0.6 is 11.6 Å². The molecule has 6 heteroatoms. The van der Waals surface area contributed by atoms with Crippen molar-refractivity contribution < 1.29 is 0 Å². The first-order chi connectivity index (χ1) is 10.1. The molecular weight excluding hydrogens is 286 g/mol.